The first kappa shape index (κ1) is 20.5. The zero-order chi connectivity index (χ0) is 20.3. The third kappa shape index (κ3) is 4.28. The standard InChI is InChI=1S/C19H18Cl2N2O5/c1-27-7-6-22-5-4-12-8-14(2-3-15(12)18(22)11-24)28-19-16(20)9-13(23(25)26)10-17(19)21/h2-3,8-11,18H,4-7H2,1H3. The molecule has 0 saturated carbocycles. The number of fused-ring (bicyclic) bond motifs is 1. The number of aldehydes is 1. The second-order valence-electron chi connectivity index (χ2n) is 6.32. The second-order valence-corrected chi connectivity index (χ2v) is 7.13. The van der Waals surface area contributed by atoms with Gasteiger partial charge in [0.2, 0.25) is 0 Å². The van der Waals surface area contributed by atoms with Crippen LogP contribution in [0.5, 0.6) is 11.5 Å². The number of benzene rings is 2. The summed E-state index contributed by atoms with van der Waals surface area (Å²) in [5.74, 6) is 0.643. The molecule has 0 spiro atoms. The maximum Gasteiger partial charge on any atom is 0.272 e. The van der Waals surface area contributed by atoms with Gasteiger partial charge in [-0.1, -0.05) is 29.3 Å². The molecule has 1 unspecified atom stereocenters. The lowest BCUT2D eigenvalue weighted by Gasteiger charge is -2.34. The van der Waals surface area contributed by atoms with E-state index in [1.54, 1.807) is 13.2 Å². The zero-order valence-corrected chi connectivity index (χ0v) is 16.6. The summed E-state index contributed by atoms with van der Waals surface area (Å²) in [6.07, 6.45) is 1.68. The van der Waals surface area contributed by atoms with Crippen molar-refractivity contribution in [2.24, 2.45) is 0 Å². The third-order valence-electron chi connectivity index (χ3n) is 4.62. The van der Waals surface area contributed by atoms with Crippen LogP contribution in [0.25, 0.3) is 0 Å². The molecule has 1 aliphatic rings. The summed E-state index contributed by atoms with van der Waals surface area (Å²) in [6, 6.07) is 7.46. The number of halogens is 2. The molecule has 0 saturated heterocycles. The molecule has 9 heteroatoms. The summed E-state index contributed by atoms with van der Waals surface area (Å²) in [5, 5.41) is 11.0. The van der Waals surface area contributed by atoms with Gasteiger partial charge in [-0.15, -0.1) is 0 Å². The highest BCUT2D eigenvalue weighted by atomic mass is 35.5. The summed E-state index contributed by atoms with van der Waals surface area (Å²) < 4.78 is 10.9. The van der Waals surface area contributed by atoms with Gasteiger partial charge in [0, 0.05) is 32.3 Å². The number of methoxy groups -OCH3 is 1. The molecule has 148 valence electrons. The van der Waals surface area contributed by atoms with Gasteiger partial charge in [-0.2, -0.15) is 0 Å². The van der Waals surface area contributed by atoms with Crippen molar-refractivity contribution in [1.29, 1.82) is 0 Å². The summed E-state index contributed by atoms with van der Waals surface area (Å²) in [5.41, 5.74) is 1.71. The smallest absolute Gasteiger partial charge is 0.272 e. The van der Waals surface area contributed by atoms with Crippen LogP contribution in [-0.2, 0) is 16.0 Å². The van der Waals surface area contributed by atoms with E-state index in [0.29, 0.717) is 18.9 Å². The van der Waals surface area contributed by atoms with Gasteiger partial charge < -0.3 is 14.3 Å². The van der Waals surface area contributed by atoms with Crippen molar-refractivity contribution in [3.8, 4) is 11.5 Å². The van der Waals surface area contributed by atoms with Crippen molar-refractivity contribution < 1.29 is 19.2 Å². The molecule has 0 amide bonds. The van der Waals surface area contributed by atoms with Crippen LogP contribution in [0.1, 0.15) is 17.2 Å². The summed E-state index contributed by atoms with van der Waals surface area (Å²) >= 11 is 12.2. The number of hydrogen-bond donors (Lipinski definition) is 0. The normalized spacial score (nSPS) is 16.5. The number of rotatable bonds is 7. The van der Waals surface area contributed by atoms with Gasteiger partial charge in [0.25, 0.3) is 5.69 Å². The maximum atomic E-state index is 11.6. The van der Waals surface area contributed by atoms with Crippen LogP contribution in [0.15, 0.2) is 30.3 Å². The van der Waals surface area contributed by atoms with Gasteiger partial charge in [0.15, 0.2) is 5.75 Å². The van der Waals surface area contributed by atoms with E-state index in [2.05, 4.69) is 4.90 Å². The van der Waals surface area contributed by atoms with Gasteiger partial charge in [0.05, 0.1) is 27.6 Å². The Bertz CT molecular complexity index is 883. The first-order chi connectivity index (χ1) is 13.4. The van der Waals surface area contributed by atoms with Crippen LogP contribution in [-0.4, -0.2) is 42.9 Å². The topological polar surface area (TPSA) is 81.9 Å². The number of nitro groups is 1. The summed E-state index contributed by atoms with van der Waals surface area (Å²) in [7, 11) is 1.63. The molecule has 3 rings (SSSR count). The lowest BCUT2D eigenvalue weighted by Crippen LogP contribution is -2.38. The molecule has 0 fully saturated rings. The third-order valence-corrected chi connectivity index (χ3v) is 5.18. The van der Waals surface area contributed by atoms with Crippen molar-refractivity contribution in [3.05, 3.63) is 61.6 Å². The van der Waals surface area contributed by atoms with E-state index in [4.69, 9.17) is 32.7 Å². The highest BCUT2D eigenvalue weighted by Gasteiger charge is 2.27. The number of nitrogens with zero attached hydrogens (tertiary/aromatic N) is 2. The van der Waals surface area contributed by atoms with Crippen LogP contribution >= 0.6 is 23.2 Å². The number of hydrogen-bond acceptors (Lipinski definition) is 6. The lowest BCUT2D eigenvalue weighted by molar-refractivity contribution is -0.384. The summed E-state index contributed by atoms with van der Waals surface area (Å²) in [4.78, 5) is 24.0. The molecular formula is C19H18Cl2N2O5. The average molecular weight is 425 g/mol. The van der Waals surface area contributed by atoms with Crippen LogP contribution in [0.4, 0.5) is 5.69 Å². The second kappa shape index (κ2) is 8.87. The van der Waals surface area contributed by atoms with Crippen LogP contribution in [0.2, 0.25) is 10.0 Å². The fourth-order valence-corrected chi connectivity index (χ4v) is 3.79. The van der Waals surface area contributed by atoms with Crippen molar-refractivity contribution in [3.63, 3.8) is 0 Å². The van der Waals surface area contributed by atoms with E-state index in [1.807, 2.05) is 12.1 Å². The predicted molar refractivity (Wildman–Crippen MR) is 106 cm³/mol. The molecule has 2 aromatic carbocycles. The molecule has 0 N–H and O–H groups in total. The molecule has 1 aliphatic heterocycles. The first-order valence-electron chi connectivity index (χ1n) is 8.57. The quantitative estimate of drug-likeness (QED) is 0.371. The highest BCUT2D eigenvalue weighted by molar-refractivity contribution is 6.37. The van der Waals surface area contributed by atoms with Crippen molar-refractivity contribution in [1.82, 2.24) is 4.90 Å². The fourth-order valence-electron chi connectivity index (χ4n) is 3.24. The largest absolute Gasteiger partial charge is 0.454 e. The minimum absolute atomic E-state index is 0.0495. The van der Waals surface area contributed by atoms with Gasteiger partial charge >= 0.3 is 0 Å². The Labute approximate surface area is 171 Å². The van der Waals surface area contributed by atoms with E-state index in [0.717, 1.165) is 30.4 Å². The average Bonchev–Trinajstić information content (AvgIpc) is 2.68. The van der Waals surface area contributed by atoms with Crippen LogP contribution in [0, 0.1) is 10.1 Å². The Balaban J connectivity index is 1.85. The minimum Gasteiger partial charge on any atom is -0.454 e. The number of carbonyl (C=O) groups is 1. The molecule has 1 heterocycles. The Morgan fingerprint density at radius 3 is 2.61 bits per heavy atom. The lowest BCUT2D eigenvalue weighted by atomic mass is 9.93. The highest BCUT2D eigenvalue weighted by Crippen LogP contribution is 2.40. The fraction of sp³-hybridized carbons (Fsp3) is 0.316. The maximum absolute atomic E-state index is 11.6. The van der Waals surface area contributed by atoms with Crippen molar-refractivity contribution in [2.75, 3.05) is 26.8 Å². The van der Waals surface area contributed by atoms with Crippen LogP contribution < -0.4 is 4.74 Å². The van der Waals surface area contributed by atoms with E-state index in [9.17, 15) is 14.9 Å². The molecule has 0 radical (unpaired) electrons. The SMILES string of the molecule is COCCN1CCc2cc(Oc3c(Cl)cc([N+](=O)[O-])cc3Cl)ccc2C1C=O. The van der Waals surface area contributed by atoms with Crippen molar-refractivity contribution in [2.45, 2.75) is 12.5 Å². The molecule has 0 aromatic heterocycles. The van der Waals surface area contributed by atoms with E-state index >= 15 is 0 Å². The van der Waals surface area contributed by atoms with E-state index < -0.39 is 4.92 Å². The summed E-state index contributed by atoms with van der Waals surface area (Å²) in [6.45, 7) is 1.95. The van der Waals surface area contributed by atoms with E-state index in [-0.39, 0.29) is 27.5 Å². The van der Waals surface area contributed by atoms with Gasteiger partial charge in [-0.05, 0) is 29.7 Å². The van der Waals surface area contributed by atoms with Gasteiger partial charge in [-0.25, -0.2) is 0 Å². The molecule has 0 aliphatic carbocycles. The Hall–Kier alpha value is -2.19. The molecular weight excluding hydrogens is 407 g/mol. The molecule has 1 atom stereocenters. The van der Waals surface area contributed by atoms with Crippen LogP contribution in [0.3, 0.4) is 0 Å². The monoisotopic (exact) mass is 424 g/mol. The zero-order valence-electron chi connectivity index (χ0n) is 15.1. The number of nitro benzene ring substituents is 1. The van der Waals surface area contributed by atoms with Crippen molar-refractivity contribution >= 4 is 35.2 Å². The van der Waals surface area contributed by atoms with Gasteiger partial charge in [0.1, 0.15) is 12.0 Å². The number of carbonyl (C=O) groups excluding carboxylic acids is 1. The molecule has 7 nitrogen and oxygen atoms in total. The van der Waals surface area contributed by atoms with Gasteiger partial charge in [-0.3, -0.25) is 15.0 Å². The predicted octanol–water partition coefficient (Wildman–Crippen LogP) is 4.44. The molecule has 2 aromatic rings. The molecule has 0 bridgehead atoms. The minimum atomic E-state index is -0.574. The molecule has 28 heavy (non-hydrogen) atoms. The van der Waals surface area contributed by atoms with E-state index in [1.165, 1.54) is 12.1 Å². The number of non-ortho nitro benzene ring substituents is 1. The first-order valence-corrected chi connectivity index (χ1v) is 9.32. The Kier molecular flexibility index (Phi) is 6.51. The number of ether oxygens (including phenoxy) is 2. The Morgan fingerprint density at radius 1 is 1.29 bits per heavy atom. The Morgan fingerprint density at radius 2 is 2.00 bits per heavy atom.